The molecule has 142 valence electrons. The highest BCUT2D eigenvalue weighted by atomic mass is 19.4. The van der Waals surface area contributed by atoms with E-state index in [-0.39, 0.29) is 23.3 Å². The van der Waals surface area contributed by atoms with Crippen LogP contribution in [0.25, 0.3) is 0 Å². The van der Waals surface area contributed by atoms with Crippen LogP contribution in [0.4, 0.5) is 19.0 Å². The predicted molar refractivity (Wildman–Crippen MR) is 93.8 cm³/mol. The molecule has 0 spiro atoms. The number of pyridine rings is 1. The quantitative estimate of drug-likeness (QED) is 0.861. The third-order valence-corrected chi connectivity index (χ3v) is 5.77. The molecule has 1 aromatic heterocycles. The molecule has 3 atom stereocenters. The smallest absolute Gasteiger partial charge is 0.416 e. The molecule has 4 rings (SSSR count). The lowest BCUT2D eigenvalue weighted by Gasteiger charge is -2.23. The Hall–Kier alpha value is -2.57. The molecule has 0 radical (unpaired) electrons. The molecule has 4 nitrogen and oxygen atoms in total. The van der Waals surface area contributed by atoms with Crippen LogP contribution in [0, 0.1) is 11.8 Å². The number of halogens is 3. The van der Waals surface area contributed by atoms with E-state index in [2.05, 4.69) is 4.98 Å². The molecular formula is C20H19F3N2O2. The average molecular weight is 376 g/mol. The Morgan fingerprint density at radius 3 is 2.37 bits per heavy atom. The van der Waals surface area contributed by atoms with Gasteiger partial charge in [-0.15, -0.1) is 0 Å². The number of anilines is 1. The number of hydrogen-bond acceptors (Lipinski definition) is 3. The first-order valence-electron chi connectivity index (χ1n) is 8.94. The maximum Gasteiger partial charge on any atom is 0.416 e. The first-order chi connectivity index (χ1) is 12.8. The number of carboxylic acids is 1. The highest BCUT2D eigenvalue weighted by Crippen LogP contribution is 2.49. The van der Waals surface area contributed by atoms with Gasteiger partial charge in [-0.2, -0.15) is 13.2 Å². The standard InChI is InChI=1S/C20H19F3N2O2/c21-20(22,23)17-6-2-1-4-15(17)12-8-13-10-25(11-14(13)9-12)18-16(19(26)27)5-3-7-24-18/h1-7,12-14H,8-11H2,(H,26,27)/t12-,13-,14+. The van der Waals surface area contributed by atoms with Gasteiger partial charge in [0.15, 0.2) is 0 Å². The number of hydrogen-bond donors (Lipinski definition) is 1. The van der Waals surface area contributed by atoms with E-state index < -0.39 is 17.7 Å². The third-order valence-electron chi connectivity index (χ3n) is 5.77. The fourth-order valence-corrected chi connectivity index (χ4v) is 4.65. The number of benzene rings is 1. The van der Waals surface area contributed by atoms with Gasteiger partial charge in [-0.1, -0.05) is 18.2 Å². The van der Waals surface area contributed by atoms with E-state index in [9.17, 15) is 23.1 Å². The molecule has 1 N–H and O–H groups in total. The molecule has 0 amide bonds. The van der Waals surface area contributed by atoms with E-state index in [0.29, 0.717) is 37.3 Å². The minimum absolute atomic E-state index is 0.109. The Labute approximate surface area is 154 Å². The number of rotatable bonds is 3. The largest absolute Gasteiger partial charge is 0.478 e. The van der Waals surface area contributed by atoms with Crippen LogP contribution in [0.5, 0.6) is 0 Å². The zero-order chi connectivity index (χ0) is 19.2. The van der Waals surface area contributed by atoms with Crippen molar-refractivity contribution >= 4 is 11.8 Å². The van der Waals surface area contributed by atoms with Crippen LogP contribution in [0.3, 0.4) is 0 Å². The second kappa shape index (κ2) is 6.55. The molecule has 1 aliphatic carbocycles. The van der Waals surface area contributed by atoms with Gasteiger partial charge in [0.1, 0.15) is 11.4 Å². The summed E-state index contributed by atoms with van der Waals surface area (Å²) in [5.41, 5.74) is 0.0103. The highest BCUT2D eigenvalue weighted by Gasteiger charge is 2.44. The summed E-state index contributed by atoms with van der Waals surface area (Å²) in [6.07, 6.45) is -1.41. The van der Waals surface area contributed by atoms with Crippen LogP contribution in [-0.2, 0) is 6.18 Å². The van der Waals surface area contributed by atoms with E-state index in [1.54, 1.807) is 24.4 Å². The van der Waals surface area contributed by atoms with Crippen LogP contribution in [0.15, 0.2) is 42.6 Å². The van der Waals surface area contributed by atoms with Crippen LogP contribution in [-0.4, -0.2) is 29.1 Å². The lowest BCUT2D eigenvalue weighted by molar-refractivity contribution is -0.138. The van der Waals surface area contributed by atoms with Crippen molar-refractivity contribution in [2.24, 2.45) is 11.8 Å². The van der Waals surface area contributed by atoms with E-state index in [0.717, 1.165) is 6.07 Å². The molecule has 1 aliphatic heterocycles. The molecule has 2 aromatic rings. The van der Waals surface area contributed by atoms with Crippen LogP contribution < -0.4 is 4.90 Å². The molecule has 2 heterocycles. The summed E-state index contributed by atoms with van der Waals surface area (Å²) in [4.78, 5) is 17.6. The maximum absolute atomic E-state index is 13.3. The van der Waals surface area contributed by atoms with Crippen molar-refractivity contribution in [1.82, 2.24) is 4.98 Å². The van der Waals surface area contributed by atoms with E-state index in [4.69, 9.17) is 0 Å². The molecule has 27 heavy (non-hydrogen) atoms. The molecule has 1 aromatic carbocycles. The second-order valence-corrected chi connectivity index (χ2v) is 7.36. The van der Waals surface area contributed by atoms with Gasteiger partial charge < -0.3 is 10.0 Å². The van der Waals surface area contributed by atoms with Gasteiger partial charge in [0.25, 0.3) is 0 Å². The third kappa shape index (κ3) is 3.26. The lowest BCUT2D eigenvalue weighted by Crippen LogP contribution is -2.25. The molecular weight excluding hydrogens is 357 g/mol. The molecule has 1 saturated carbocycles. The van der Waals surface area contributed by atoms with Crippen molar-refractivity contribution in [1.29, 1.82) is 0 Å². The first-order valence-corrected chi connectivity index (χ1v) is 8.94. The number of carbonyl (C=O) groups is 1. The summed E-state index contributed by atoms with van der Waals surface area (Å²) < 4.78 is 40.0. The Balaban J connectivity index is 1.53. The van der Waals surface area contributed by atoms with Gasteiger partial charge in [-0.3, -0.25) is 0 Å². The molecule has 0 bridgehead atoms. The van der Waals surface area contributed by atoms with Gasteiger partial charge >= 0.3 is 12.1 Å². The van der Waals surface area contributed by atoms with Gasteiger partial charge in [-0.05, 0) is 54.4 Å². The minimum Gasteiger partial charge on any atom is -0.478 e. The zero-order valence-electron chi connectivity index (χ0n) is 14.5. The summed E-state index contributed by atoms with van der Waals surface area (Å²) in [5, 5.41) is 9.35. The Morgan fingerprint density at radius 1 is 1.07 bits per heavy atom. The van der Waals surface area contributed by atoms with Crippen LogP contribution >= 0.6 is 0 Å². The Morgan fingerprint density at radius 2 is 1.74 bits per heavy atom. The van der Waals surface area contributed by atoms with E-state index >= 15 is 0 Å². The SMILES string of the molecule is O=C(O)c1cccnc1N1C[C@H]2C[C@@H](c3ccccc3C(F)(F)F)C[C@H]2C1. The maximum atomic E-state index is 13.3. The number of nitrogens with zero attached hydrogens (tertiary/aromatic N) is 2. The predicted octanol–water partition coefficient (Wildman–Crippen LogP) is 4.43. The number of aromatic carboxylic acids is 1. The summed E-state index contributed by atoms with van der Waals surface area (Å²) >= 11 is 0. The number of alkyl halides is 3. The summed E-state index contributed by atoms with van der Waals surface area (Å²) in [6.45, 7) is 1.26. The topological polar surface area (TPSA) is 53.4 Å². The van der Waals surface area contributed by atoms with Crippen molar-refractivity contribution in [3.63, 3.8) is 0 Å². The van der Waals surface area contributed by atoms with E-state index in [1.165, 1.54) is 12.1 Å². The minimum atomic E-state index is -4.34. The molecule has 2 aliphatic rings. The van der Waals surface area contributed by atoms with Crippen molar-refractivity contribution in [3.05, 3.63) is 59.3 Å². The first kappa shape index (κ1) is 17.8. The highest BCUT2D eigenvalue weighted by molar-refractivity contribution is 5.93. The van der Waals surface area contributed by atoms with Crippen molar-refractivity contribution in [2.75, 3.05) is 18.0 Å². The molecule has 2 fully saturated rings. The number of carboxylic acid groups (broad SMARTS) is 1. The number of aromatic nitrogens is 1. The fourth-order valence-electron chi connectivity index (χ4n) is 4.65. The van der Waals surface area contributed by atoms with Crippen molar-refractivity contribution in [3.8, 4) is 0 Å². The molecule has 1 saturated heterocycles. The fraction of sp³-hybridized carbons (Fsp3) is 0.400. The normalized spacial score (nSPS) is 24.9. The summed E-state index contributed by atoms with van der Waals surface area (Å²) in [6, 6.07) is 8.96. The van der Waals surface area contributed by atoms with Crippen LogP contribution in [0.1, 0.15) is 40.2 Å². The molecule has 0 unspecified atom stereocenters. The van der Waals surface area contributed by atoms with E-state index in [1.807, 2.05) is 4.90 Å². The van der Waals surface area contributed by atoms with Gasteiger partial charge in [0.2, 0.25) is 0 Å². The van der Waals surface area contributed by atoms with Gasteiger partial charge in [-0.25, -0.2) is 9.78 Å². The second-order valence-electron chi connectivity index (χ2n) is 7.36. The van der Waals surface area contributed by atoms with Gasteiger partial charge in [0.05, 0.1) is 5.56 Å². The van der Waals surface area contributed by atoms with Crippen LogP contribution in [0.2, 0.25) is 0 Å². The lowest BCUT2D eigenvalue weighted by atomic mass is 9.91. The monoisotopic (exact) mass is 376 g/mol. The van der Waals surface area contributed by atoms with Crippen molar-refractivity contribution in [2.45, 2.75) is 24.9 Å². The summed E-state index contributed by atoms with van der Waals surface area (Å²) in [5.74, 6) is -0.179. The van der Waals surface area contributed by atoms with Crippen molar-refractivity contribution < 1.29 is 23.1 Å². The Kier molecular flexibility index (Phi) is 4.32. The zero-order valence-corrected chi connectivity index (χ0v) is 14.5. The van der Waals surface area contributed by atoms with Gasteiger partial charge in [0, 0.05) is 19.3 Å². The summed E-state index contributed by atoms with van der Waals surface area (Å²) in [7, 11) is 0. The average Bonchev–Trinajstić information content (AvgIpc) is 3.20. The Bertz CT molecular complexity index is 854. The molecule has 7 heteroatoms. The number of fused-ring (bicyclic) bond motifs is 1.